The van der Waals surface area contributed by atoms with Crippen molar-refractivity contribution in [2.75, 3.05) is 12.4 Å². The monoisotopic (exact) mass is 369 g/mol. The smallest absolute Gasteiger partial charge is 0.273 e. The molecule has 0 aliphatic heterocycles. The molecule has 3 rings (SSSR count). The van der Waals surface area contributed by atoms with Crippen LogP contribution in [0.25, 0.3) is 10.8 Å². The highest BCUT2D eigenvalue weighted by Crippen LogP contribution is 2.25. The van der Waals surface area contributed by atoms with Gasteiger partial charge >= 0.3 is 0 Å². The molecule has 0 bridgehead atoms. The van der Waals surface area contributed by atoms with Gasteiger partial charge in [0.2, 0.25) is 0 Å². The van der Waals surface area contributed by atoms with Gasteiger partial charge in [-0.25, -0.2) is 4.39 Å². The molecule has 3 aromatic rings. The third-order valence-corrected chi connectivity index (χ3v) is 3.93. The first-order chi connectivity index (χ1) is 12.6. The fraction of sp³-hybridized carbons (Fsp3) is 0.0526. The molecule has 0 saturated heterocycles. The molecule has 0 saturated carbocycles. The summed E-state index contributed by atoms with van der Waals surface area (Å²) in [5.74, 6) is -0.430. The lowest BCUT2D eigenvalue weighted by Gasteiger charge is -2.14. The lowest BCUT2D eigenvalue weighted by Crippen LogP contribution is -2.44. The van der Waals surface area contributed by atoms with Gasteiger partial charge in [-0.15, -0.1) is 0 Å². The Hall–Kier alpha value is -3.19. The zero-order valence-electron chi connectivity index (χ0n) is 13.9. The minimum atomic E-state index is -0.445. The van der Waals surface area contributed by atoms with Crippen LogP contribution in [0.2, 0.25) is 0 Å². The maximum Gasteiger partial charge on any atom is 0.273 e. The maximum atomic E-state index is 13.6. The number of halogens is 1. The fourth-order valence-corrected chi connectivity index (χ4v) is 2.62. The average molecular weight is 369 g/mol. The minimum Gasteiger partial charge on any atom is -0.496 e. The number of hydrazine groups is 1. The summed E-state index contributed by atoms with van der Waals surface area (Å²) < 4.78 is 18.9. The predicted molar refractivity (Wildman–Crippen MR) is 104 cm³/mol. The number of hydrogen-bond donors (Lipinski definition) is 3. The Balaban J connectivity index is 1.71. The Morgan fingerprint density at radius 2 is 1.65 bits per heavy atom. The summed E-state index contributed by atoms with van der Waals surface area (Å²) in [6.45, 7) is 0. The molecule has 0 unspecified atom stereocenters. The minimum absolute atomic E-state index is 0.0585. The van der Waals surface area contributed by atoms with Crippen LogP contribution in [0.15, 0.2) is 60.7 Å². The third kappa shape index (κ3) is 3.89. The number of thiocarbonyl (C=S) groups is 1. The molecular weight excluding hydrogens is 353 g/mol. The van der Waals surface area contributed by atoms with Crippen LogP contribution in [0.5, 0.6) is 5.75 Å². The van der Waals surface area contributed by atoms with Crippen molar-refractivity contribution < 1.29 is 13.9 Å². The summed E-state index contributed by atoms with van der Waals surface area (Å²) in [4.78, 5) is 12.5. The first kappa shape index (κ1) is 17.6. The Kier molecular flexibility index (Phi) is 5.28. The van der Waals surface area contributed by atoms with E-state index >= 15 is 0 Å². The van der Waals surface area contributed by atoms with E-state index in [1.165, 1.54) is 19.2 Å². The molecule has 0 aliphatic rings. The van der Waals surface area contributed by atoms with Crippen LogP contribution in [-0.2, 0) is 0 Å². The summed E-state index contributed by atoms with van der Waals surface area (Å²) in [5.41, 5.74) is 5.60. The highest BCUT2D eigenvalue weighted by Gasteiger charge is 2.14. The quantitative estimate of drug-likeness (QED) is 0.486. The number of nitrogens with one attached hydrogen (secondary N) is 3. The van der Waals surface area contributed by atoms with Crippen molar-refractivity contribution in [2.45, 2.75) is 0 Å². The van der Waals surface area contributed by atoms with E-state index in [0.717, 1.165) is 10.8 Å². The molecule has 7 heteroatoms. The summed E-state index contributed by atoms with van der Waals surface area (Å²) in [7, 11) is 1.50. The molecule has 3 N–H and O–H groups in total. The molecule has 0 heterocycles. The lowest BCUT2D eigenvalue weighted by atomic mass is 10.1. The van der Waals surface area contributed by atoms with E-state index in [4.69, 9.17) is 17.0 Å². The van der Waals surface area contributed by atoms with Gasteiger partial charge in [0.25, 0.3) is 5.91 Å². The number of ether oxygens (including phenoxy) is 1. The zero-order valence-corrected chi connectivity index (χ0v) is 14.7. The second kappa shape index (κ2) is 7.79. The second-order valence-corrected chi connectivity index (χ2v) is 5.82. The molecule has 0 spiro atoms. The Morgan fingerprint density at radius 3 is 2.35 bits per heavy atom. The molecule has 5 nitrogen and oxygen atoms in total. The number of hydrogen-bond acceptors (Lipinski definition) is 3. The summed E-state index contributed by atoms with van der Waals surface area (Å²) in [6.07, 6.45) is 0. The van der Waals surface area contributed by atoms with E-state index in [1.54, 1.807) is 24.3 Å². The molecule has 3 aromatic carbocycles. The van der Waals surface area contributed by atoms with Crippen molar-refractivity contribution >= 4 is 39.7 Å². The molecule has 132 valence electrons. The summed E-state index contributed by atoms with van der Waals surface area (Å²) in [6, 6.07) is 17.3. The van der Waals surface area contributed by atoms with E-state index in [9.17, 15) is 9.18 Å². The van der Waals surface area contributed by atoms with E-state index in [1.807, 2.05) is 24.3 Å². The number of para-hydroxylation sites is 1. The van der Waals surface area contributed by atoms with Crippen molar-refractivity contribution in [3.63, 3.8) is 0 Å². The average Bonchev–Trinajstić information content (AvgIpc) is 2.66. The standard InChI is InChI=1S/C19H16FN3O2S/c1-25-17-11-13-7-3-2-6-12(13)10-14(17)18(24)22-23-19(26)21-16-9-5-4-8-15(16)20/h2-11H,1H3,(H,22,24)(H2,21,23,26). The number of carbonyl (C=O) groups excluding carboxylic acids is 1. The summed E-state index contributed by atoms with van der Waals surface area (Å²) >= 11 is 5.07. The van der Waals surface area contributed by atoms with E-state index < -0.39 is 11.7 Å². The van der Waals surface area contributed by atoms with Gasteiger partial charge in [0, 0.05) is 0 Å². The highest BCUT2D eigenvalue weighted by atomic mass is 32.1. The number of benzene rings is 3. The van der Waals surface area contributed by atoms with Crippen LogP contribution >= 0.6 is 12.2 Å². The number of methoxy groups -OCH3 is 1. The normalized spacial score (nSPS) is 10.2. The molecular formula is C19H16FN3O2S. The van der Waals surface area contributed by atoms with Crippen LogP contribution in [0, 0.1) is 5.82 Å². The van der Waals surface area contributed by atoms with Crippen LogP contribution in [-0.4, -0.2) is 18.1 Å². The van der Waals surface area contributed by atoms with E-state index in [0.29, 0.717) is 11.3 Å². The van der Waals surface area contributed by atoms with Gasteiger partial charge < -0.3 is 10.1 Å². The largest absolute Gasteiger partial charge is 0.496 e. The number of anilines is 1. The van der Waals surface area contributed by atoms with Gasteiger partial charge in [-0.1, -0.05) is 36.4 Å². The van der Waals surface area contributed by atoms with Gasteiger partial charge in [0.15, 0.2) is 5.11 Å². The first-order valence-corrected chi connectivity index (χ1v) is 8.18. The lowest BCUT2D eigenvalue weighted by molar-refractivity contribution is 0.0941. The molecule has 0 atom stereocenters. The SMILES string of the molecule is COc1cc2ccccc2cc1C(=O)NNC(=S)Nc1ccccc1F. The van der Waals surface area contributed by atoms with Crippen LogP contribution in [0.3, 0.4) is 0 Å². The zero-order chi connectivity index (χ0) is 18.5. The molecule has 0 radical (unpaired) electrons. The van der Waals surface area contributed by atoms with Gasteiger partial charge in [0.05, 0.1) is 18.4 Å². The van der Waals surface area contributed by atoms with Gasteiger partial charge in [0.1, 0.15) is 11.6 Å². The maximum absolute atomic E-state index is 13.6. The Bertz CT molecular complexity index is 978. The van der Waals surface area contributed by atoms with Crippen LogP contribution in [0.4, 0.5) is 10.1 Å². The fourth-order valence-electron chi connectivity index (χ4n) is 2.46. The molecule has 26 heavy (non-hydrogen) atoms. The van der Waals surface area contributed by atoms with Gasteiger partial charge in [-0.2, -0.15) is 0 Å². The second-order valence-electron chi connectivity index (χ2n) is 5.41. The van der Waals surface area contributed by atoms with Crippen molar-refractivity contribution in [1.29, 1.82) is 0 Å². The molecule has 1 amide bonds. The van der Waals surface area contributed by atoms with Crippen molar-refractivity contribution in [3.8, 4) is 5.75 Å². The highest BCUT2D eigenvalue weighted by molar-refractivity contribution is 7.80. The van der Waals surface area contributed by atoms with Crippen molar-refractivity contribution in [1.82, 2.24) is 10.9 Å². The molecule has 0 fully saturated rings. The van der Waals surface area contributed by atoms with E-state index in [-0.39, 0.29) is 10.8 Å². The van der Waals surface area contributed by atoms with Crippen molar-refractivity contribution in [2.24, 2.45) is 0 Å². The number of carbonyl (C=O) groups is 1. The topological polar surface area (TPSA) is 62.4 Å². The molecule has 0 aliphatic carbocycles. The van der Waals surface area contributed by atoms with Crippen LogP contribution < -0.4 is 20.9 Å². The first-order valence-electron chi connectivity index (χ1n) is 7.77. The summed E-state index contributed by atoms with van der Waals surface area (Å²) in [5, 5.41) is 4.60. The van der Waals surface area contributed by atoms with E-state index in [2.05, 4.69) is 16.2 Å². The Morgan fingerprint density at radius 1 is 1.00 bits per heavy atom. The number of amides is 1. The number of rotatable bonds is 3. The van der Waals surface area contributed by atoms with Gasteiger partial charge in [-0.3, -0.25) is 15.6 Å². The third-order valence-electron chi connectivity index (χ3n) is 3.72. The molecule has 0 aromatic heterocycles. The Labute approximate surface area is 155 Å². The van der Waals surface area contributed by atoms with Crippen molar-refractivity contribution in [3.05, 3.63) is 72.0 Å². The predicted octanol–water partition coefficient (Wildman–Crippen LogP) is 3.62. The van der Waals surface area contributed by atoms with Crippen LogP contribution in [0.1, 0.15) is 10.4 Å². The van der Waals surface area contributed by atoms with Gasteiger partial charge in [-0.05, 0) is 47.3 Å². The number of fused-ring (bicyclic) bond motifs is 1.